The smallest absolute Gasteiger partial charge is 0.00239 e. The van der Waals surface area contributed by atoms with Gasteiger partial charge in [0.25, 0.3) is 0 Å². The van der Waals surface area contributed by atoms with Crippen LogP contribution >= 0.6 is 22.6 Å². The molecule has 1 unspecified atom stereocenters. The van der Waals surface area contributed by atoms with Gasteiger partial charge >= 0.3 is 0 Å². The number of rotatable bonds is 2. The summed E-state index contributed by atoms with van der Waals surface area (Å²) in [6.45, 7) is 2.35. The van der Waals surface area contributed by atoms with Crippen LogP contribution in [0.2, 0.25) is 0 Å². The summed E-state index contributed by atoms with van der Waals surface area (Å²) in [6.07, 6.45) is 7.27. The van der Waals surface area contributed by atoms with Crippen LogP contribution in [-0.2, 0) is 0 Å². The lowest BCUT2D eigenvalue weighted by molar-refractivity contribution is 0.420. The van der Waals surface area contributed by atoms with E-state index in [9.17, 15) is 0 Å². The van der Waals surface area contributed by atoms with E-state index in [-0.39, 0.29) is 0 Å². The van der Waals surface area contributed by atoms with Crippen LogP contribution in [0, 0.1) is 11.8 Å². The Morgan fingerprint density at radius 1 is 1.56 bits per heavy atom. The van der Waals surface area contributed by atoms with E-state index >= 15 is 0 Å². The Hall–Kier alpha value is 0.470. The molecule has 0 bridgehead atoms. The average molecular weight is 236 g/mol. The van der Waals surface area contributed by atoms with E-state index in [1.54, 1.807) is 0 Å². The summed E-state index contributed by atoms with van der Waals surface area (Å²) in [5.74, 6) is 1.88. The molecule has 0 heterocycles. The highest BCUT2D eigenvalue weighted by molar-refractivity contribution is 14.1. The molecule has 0 spiro atoms. The second-order valence-corrected chi connectivity index (χ2v) is 3.72. The predicted molar refractivity (Wildman–Crippen MR) is 49.9 cm³/mol. The Morgan fingerprint density at radius 2 is 2.11 bits per heavy atom. The van der Waals surface area contributed by atoms with Crippen LogP contribution < -0.4 is 0 Å². The molecule has 1 aliphatic rings. The standard InChI is InChI=1S/C8H13I/c1-7(6-9)8-4-2-3-5-8/h2-3,7-8H,4-6H2,1H3. The molecule has 1 aliphatic carbocycles. The van der Waals surface area contributed by atoms with Crippen molar-refractivity contribution in [2.75, 3.05) is 4.43 Å². The molecular formula is C8H13I. The first-order valence-electron chi connectivity index (χ1n) is 3.55. The summed E-state index contributed by atoms with van der Waals surface area (Å²) < 4.78 is 1.31. The van der Waals surface area contributed by atoms with Gasteiger partial charge in [-0.15, -0.1) is 0 Å². The molecule has 0 aromatic carbocycles. The molecule has 1 atom stereocenters. The van der Waals surface area contributed by atoms with Crippen molar-refractivity contribution in [3.05, 3.63) is 12.2 Å². The summed E-state index contributed by atoms with van der Waals surface area (Å²) >= 11 is 2.48. The van der Waals surface area contributed by atoms with Crippen molar-refractivity contribution in [3.63, 3.8) is 0 Å². The van der Waals surface area contributed by atoms with Crippen LogP contribution in [0.4, 0.5) is 0 Å². The highest BCUT2D eigenvalue weighted by Gasteiger charge is 2.16. The van der Waals surface area contributed by atoms with Gasteiger partial charge in [0.15, 0.2) is 0 Å². The number of halogens is 1. The van der Waals surface area contributed by atoms with Crippen LogP contribution in [0.1, 0.15) is 19.8 Å². The Kier molecular flexibility index (Phi) is 3.02. The number of alkyl halides is 1. The molecule has 0 aliphatic heterocycles. The Balaban J connectivity index is 2.27. The summed E-state index contributed by atoms with van der Waals surface area (Å²) in [4.78, 5) is 0. The van der Waals surface area contributed by atoms with Crippen molar-refractivity contribution < 1.29 is 0 Å². The Bertz CT molecular complexity index is 99.1. The molecule has 0 radical (unpaired) electrons. The molecule has 0 saturated carbocycles. The zero-order valence-electron chi connectivity index (χ0n) is 5.81. The van der Waals surface area contributed by atoms with Gasteiger partial charge in [0.1, 0.15) is 0 Å². The highest BCUT2D eigenvalue weighted by Crippen LogP contribution is 2.26. The molecule has 0 saturated heterocycles. The van der Waals surface area contributed by atoms with Crippen LogP contribution in [0.3, 0.4) is 0 Å². The monoisotopic (exact) mass is 236 g/mol. The number of hydrogen-bond donors (Lipinski definition) is 0. The van der Waals surface area contributed by atoms with Crippen LogP contribution in [0.5, 0.6) is 0 Å². The zero-order valence-corrected chi connectivity index (χ0v) is 7.97. The fourth-order valence-electron chi connectivity index (χ4n) is 1.23. The van der Waals surface area contributed by atoms with Crippen LogP contribution in [0.15, 0.2) is 12.2 Å². The summed E-state index contributed by atoms with van der Waals surface area (Å²) in [5.41, 5.74) is 0. The van der Waals surface area contributed by atoms with Crippen molar-refractivity contribution in [1.82, 2.24) is 0 Å². The molecule has 9 heavy (non-hydrogen) atoms. The molecule has 0 nitrogen and oxygen atoms in total. The maximum absolute atomic E-state index is 2.48. The molecule has 0 fully saturated rings. The summed E-state index contributed by atoms with van der Waals surface area (Å²) in [7, 11) is 0. The third-order valence-electron chi connectivity index (χ3n) is 2.09. The van der Waals surface area contributed by atoms with Crippen molar-refractivity contribution in [3.8, 4) is 0 Å². The van der Waals surface area contributed by atoms with Gasteiger partial charge in [-0.25, -0.2) is 0 Å². The molecule has 0 N–H and O–H groups in total. The fourth-order valence-corrected chi connectivity index (χ4v) is 1.95. The zero-order chi connectivity index (χ0) is 6.69. The fraction of sp³-hybridized carbons (Fsp3) is 0.750. The van der Waals surface area contributed by atoms with Crippen molar-refractivity contribution >= 4 is 22.6 Å². The van der Waals surface area contributed by atoms with E-state index in [1.165, 1.54) is 17.3 Å². The Morgan fingerprint density at radius 3 is 2.56 bits per heavy atom. The van der Waals surface area contributed by atoms with Crippen molar-refractivity contribution in [2.45, 2.75) is 19.8 Å². The van der Waals surface area contributed by atoms with E-state index in [1.807, 2.05) is 0 Å². The maximum atomic E-state index is 2.48. The number of hydrogen-bond acceptors (Lipinski definition) is 0. The van der Waals surface area contributed by atoms with E-state index in [0.29, 0.717) is 0 Å². The quantitative estimate of drug-likeness (QED) is 0.392. The largest absolute Gasteiger partial charge is 0.0882 e. The van der Waals surface area contributed by atoms with Gasteiger partial charge in [-0.3, -0.25) is 0 Å². The minimum absolute atomic E-state index is 0.917. The normalized spacial score (nSPS) is 22.9. The van der Waals surface area contributed by atoms with Gasteiger partial charge < -0.3 is 0 Å². The van der Waals surface area contributed by atoms with Crippen LogP contribution in [-0.4, -0.2) is 4.43 Å². The van der Waals surface area contributed by atoms with Gasteiger partial charge in [-0.2, -0.15) is 0 Å². The lowest BCUT2D eigenvalue weighted by Crippen LogP contribution is -2.08. The summed E-state index contributed by atoms with van der Waals surface area (Å²) in [5, 5.41) is 0. The van der Waals surface area contributed by atoms with Gasteiger partial charge in [0.2, 0.25) is 0 Å². The van der Waals surface area contributed by atoms with E-state index in [4.69, 9.17) is 0 Å². The number of allylic oxidation sites excluding steroid dienone is 2. The third kappa shape index (κ3) is 1.95. The molecular weight excluding hydrogens is 223 g/mol. The second-order valence-electron chi connectivity index (χ2n) is 2.83. The first-order chi connectivity index (χ1) is 4.34. The molecule has 52 valence electrons. The highest BCUT2D eigenvalue weighted by atomic mass is 127. The molecule has 1 rings (SSSR count). The minimum atomic E-state index is 0.917. The second kappa shape index (κ2) is 3.59. The first-order valence-corrected chi connectivity index (χ1v) is 5.08. The van der Waals surface area contributed by atoms with E-state index in [2.05, 4.69) is 41.7 Å². The topological polar surface area (TPSA) is 0 Å². The average Bonchev–Trinajstić information content (AvgIpc) is 2.37. The Labute approximate surface area is 70.9 Å². The lowest BCUT2D eigenvalue weighted by atomic mass is 9.94. The van der Waals surface area contributed by atoms with E-state index < -0.39 is 0 Å². The molecule has 0 aromatic heterocycles. The van der Waals surface area contributed by atoms with E-state index in [0.717, 1.165) is 11.8 Å². The van der Waals surface area contributed by atoms with Gasteiger partial charge in [0, 0.05) is 4.43 Å². The van der Waals surface area contributed by atoms with Gasteiger partial charge in [0.05, 0.1) is 0 Å². The maximum Gasteiger partial charge on any atom is 0.00239 e. The predicted octanol–water partition coefficient (Wildman–Crippen LogP) is 3.02. The molecule has 0 amide bonds. The summed E-state index contributed by atoms with van der Waals surface area (Å²) in [6, 6.07) is 0. The van der Waals surface area contributed by atoms with Gasteiger partial charge in [-0.1, -0.05) is 41.7 Å². The first kappa shape index (κ1) is 7.58. The van der Waals surface area contributed by atoms with Crippen molar-refractivity contribution in [2.24, 2.45) is 11.8 Å². The minimum Gasteiger partial charge on any atom is -0.0882 e. The molecule has 0 aromatic rings. The third-order valence-corrected chi connectivity index (χ3v) is 3.48. The lowest BCUT2D eigenvalue weighted by Gasteiger charge is -2.14. The molecule has 1 heteroatoms. The van der Waals surface area contributed by atoms with Gasteiger partial charge in [-0.05, 0) is 24.7 Å². The van der Waals surface area contributed by atoms with Crippen LogP contribution in [0.25, 0.3) is 0 Å². The SMILES string of the molecule is CC(CI)C1CC=CC1. The van der Waals surface area contributed by atoms with Crippen molar-refractivity contribution in [1.29, 1.82) is 0 Å².